The van der Waals surface area contributed by atoms with Gasteiger partial charge in [0.1, 0.15) is 5.76 Å². The Balaban J connectivity index is 1.92. The number of allylic oxidation sites excluding steroid dienone is 3. The quantitative estimate of drug-likeness (QED) is 0.759. The molecule has 0 unspecified atom stereocenters. The molecule has 1 amide bonds. The van der Waals surface area contributed by atoms with E-state index in [2.05, 4.69) is 0 Å². The summed E-state index contributed by atoms with van der Waals surface area (Å²) >= 11 is 0. The highest BCUT2D eigenvalue weighted by Crippen LogP contribution is 2.29. The molecule has 2 aliphatic rings. The minimum absolute atomic E-state index is 0.0610. The summed E-state index contributed by atoms with van der Waals surface area (Å²) in [6, 6.07) is 0. The third-order valence-corrected chi connectivity index (χ3v) is 4.61. The number of likely N-dealkylation sites (tertiary alicyclic amines) is 1. The smallest absolute Gasteiger partial charge is 0.231 e. The summed E-state index contributed by atoms with van der Waals surface area (Å²) in [4.78, 5) is 36.7. The number of nitrogens with two attached hydrogens (primary N) is 1. The van der Waals surface area contributed by atoms with Gasteiger partial charge in [-0.25, -0.2) is 0 Å². The molecule has 0 atom stereocenters. The molecule has 0 saturated carbocycles. The van der Waals surface area contributed by atoms with Gasteiger partial charge in [-0.1, -0.05) is 0 Å². The lowest BCUT2D eigenvalue weighted by Gasteiger charge is -2.31. The van der Waals surface area contributed by atoms with E-state index in [1.165, 1.54) is 13.8 Å². The molecule has 24 heavy (non-hydrogen) atoms. The molecule has 0 bridgehead atoms. The van der Waals surface area contributed by atoms with Crippen LogP contribution in [-0.2, 0) is 19.1 Å². The second-order valence-electron chi connectivity index (χ2n) is 6.57. The van der Waals surface area contributed by atoms with Crippen molar-refractivity contribution >= 4 is 17.5 Å². The van der Waals surface area contributed by atoms with Crippen LogP contribution in [-0.4, -0.2) is 48.6 Å². The number of carbonyl (C=O) groups is 3. The van der Waals surface area contributed by atoms with Gasteiger partial charge < -0.3 is 10.5 Å². The zero-order chi connectivity index (χ0) is 17.7. The fraction of sp³-hybridized carbons (Fsp3) is 0.611. The van der Waals surface area contributed by atoms with Gasteiger partial charge in [0, 0.05) is 5.57 Å². The topological polar surface area (TPSA) is 89.7 Å². The number of ketones is 2. The normalized spacial score (nSPS) is 19.8. The molecule has 0 aromatic rings. The second-order valence-corrected chi connectivity index (χ2v) is 6.57. The predicted octanol–water partition coefficient (Wildman–Crippen LogP) is 1.35. The molecule has 0 radical (unpaired) electrons. The van der Waals surface area contributed by atoms with Crippen LogP contribution in [0, 0.1) is 5.92 Å². The number of Topliss-reactive ketones (excluding diaryl/α,β-unsaturated/α-hetero) is 2. The molecule has 6 heteroatoms. The summed E-state index contributed by atoms with van der Waals surface area (Å²) in [6.07, 6.45) is 5.09. The number of carbonyl (C=O) groups excluding carboxylic acids is 3. The zero-order valence-corrected chi connectivity index (χ0v) is 14.5. The molecule has 0 aromatic carbocycles. The largest absolute Gasteiger partial charge is 0.493 e. The van der Waals surface area contributed by atoms with Gasteiger partial charge in [0.05, 0.1) is 18.7 Å². The lowest BCUT2D eigenvalue weighted by Crippen LogP contribution is -2.40. The zero-order valence-electron chi connectivity index (χ0n) is 14.5. The number of nitrogens with zero attached hydrogens (tertiary/aromatic N) is 1. The van der Waals surface area contributed by atoms with Crippen molar-refractivity contribution < 1.29 is 19.1 Å². The Kier molecular flexibility index (Phi) is 6.31. The Morgan fingerprint density at radius 2 is 1.88 bits per heavy atom. The van der Waals surface area contributed by atoms with Gasteiger partial charge in [0.2, 0.25) is 5.91 Å². The number of hydrogen-bond acceptors (Lipinski definition) is 5. The first-order valence-electron chi connectivity index (χ1n) is 8.47. The first-order valence-corrected chi connectivity index (χ1v) is 8.47. The molecule has 1 saturated heterocycles. The molecule has 2 N–H and O–H groups in total. The SMILES string of the molecule is CC(=O)C1=C(C(C)=O)C(OCC2CCN(CC(N)=O)CC2)=CCC1. The molecule has 6 nitrogen and oxygen atoms in total. The number of ether oxygens (including phenoxy) is 1. The third kappa shape index (κ3) is 4.77. The maximum absolute atomic E-state index is 11.9. The second kappa shape index (κ2) is 8.24. The van der Waals surface area contributed by atoms with Crippen molar-refractivity contribution in [2.75, 3.05) is 26.2 Å². The van der Waals surface area contributed by atoms with E-state index >= 15 is 0 Å². The van der Waals surface area contributed by atoms with Crippen LogP contribution in [0.2, 0.25) is 0 Å². The predicted molar refractivity (Wildman–Crippen MR) is 90.0 cm³/mol. The minimum Gasteiger partial charge on any atom is -0.493 e. The van der Waals surface area contributed by atoms with E-state index in [0.717, 1.165) is 32.4 Å². The molecule has 1 heterocycles. The van der Waals surface area contributed by atoms with E-state index < -0.39 is 0 Å². The maximum atomic E-state index is 11.9. The highest BCUT2D eigenvalue weighted by molar-refractivity contribution is 6.07. The van der Waals surface area contributed by atoms with E-state index in [-0.39, 0.29) is 17.5 Å². The van der Waals surface area contributed by atoms with Crippen molar-refractivity contribution in [1.29, 1.82) is 0 Å². The van der Waals surface area contributed by atoms with E-state index in [0.29, 0.717) is 42.4 Å². The Morgan fingerprint density at radius 3 is 2.42 bits per heavy atom. The monoisotopic (exact) mass is 334 g/mol. The van der Waals surface area contributed by atoms with Crippen LogP contribution in [0.1, 0.15) is 39.5 Å². The van der Waals surface area contributed by atoms with Crippen LogP contribution in [0.5, 0.6) is 0 Å². The molecule has 1 aliphatic heterocycles. The molecule has 0 spiro atoms. The van der Waals surface area contributed by atoms with E-state index in [1.54, 1.807) is 0 Å². The van der Waals surface area contributed by atoms with Gasteiger partial charge in [-0.05, 0) is 64.6 Å². The summed E-state index contributed by atoms with van der Waals surface area (Å²) in [5.41, 5.74) is 6.24. The molecular formula is C18H26N2O4. The van der Waals surface area contributed by atoms with Crippen molar-refractivity contribution in [3.05, 3.63) is 23.0 Å². The molecule has 1 fully saturated rings. The number of hydrogen-bond donors (Lipinski definition) is 1. The highest BCUT2D eigenvalue weighted by atomic mass is 16.5. The van der Waals surface area contributed by atoms with Crippen molar-refractivity contribution in [3.8, 4) is 0 Å². The number of amides is 1. The van der Waals surface area contributed by atoms with Gasteiger partial charge in [-0.3, -0.25) is 19.3 Å². The number of rotatable bonds is 7. The standard InChI is InChI=1S/C18H26N2O4/c1-12(21)15-4-3-5-16(18(15)13(2)22)24-11-14-6-8-20(9-7-14)10-17(19)23/h5,14H,3-4,6-11H2,1-2H3,(H2,19,23). The minimum atomic E-state index is -0.301. The summed E-state index contributed by atoms with van der Waals surface area (Å²) in [5, 5.41) is 0. The Bertz CT molecular complexity index is 584. The Hall–Kier alpha value is -1.95. The number of piperidine rings is 1. The van der Waals surface area contributed by atoms with Crippen molar-refractivity contribution in [2.24, 2.45) is 11.7 Å². The molecular weight excluding hydrogens is 308 g/mol. The maximum Gasteiger partial charge on any atom is 0.231 e. The molecule has 1 aliphatic carbocycles. The summed E-state index contributed by atoms with van der Waals surface area (Å²) in [6.45, 7) is 5.45. The lowest BCUT2D eigenvalue weighted by molar-refractivity contribution is -0.119. The molecule has 132 valence electrons. The van der Waals surface area contributed by atoms with E-state index in [1.807, 2.05) is 11.0 Å². The van der Waals surface area contributed by atoms with Crippen LogP contribution in [0.3, 0.4) is 0 Å². The summed E-state index contributed by atoms with van der Waals surface area (Å²) in [5.74, 6) is 0.450. The fourth-order valence-electron chi connectivity index (χ4n) is 3.33. The van der Waals surface area contributed by atoms with Crippen LogP contribution in [0.15, 0.2) is 23.0 Å². The summed E-state index contributed by atoms with van der Waals surface area (Å²) in [7, 11) is 0. The van der Waals surface area contributed by atoms with Gasteiger partial charge in [0.15, 0.2) is 11.6 Å². The van der Waals surface area contributed by atoms with Gasteiger partial charge in [-0.15, -0.1) is 0 Å². The fourth-order valence-corrected chi connectivity index (χ4v) is 3.33. The average Bonchev–Trinajstić information content (AvgIpc) is 2.53. The lowest BCUT2D eigenvalue weighted by atomic mass is 9.91. The van der Waals surface area contributed by atoms with Crippen LogP contribution < -0.4 is 5.73 Å². The first kappa shape index (κ1) is 18.4. The third-order valence-electron chi connectivity index (χ3n) is 4.61. The molecule has 0 aromatic heterocycles. The van der Waals surface area contributed by atoms with Crippen LogP contribution in [0.4, 0.5) is 0 Å². The van der Waals surface area contributed by atoms with E-state index in [4.69, 9.17) is 10.5 Å². The van der Waals surface area contributed by atoms with Gasteiger partial charge in [0.25, 0.3) is 0 Å². The van der Waals surface area contributed by atoms with Crippen molar-refractivity contribution in [2.45, 2.75) is 39.5 Å². The molecule has 2 rings (SSSR count). The first-order chi connectivity index (χ1) is 11.4. The van der Waals surface area contributed by atoms with Gasteiger partial charge in [-0.2, -0.15) is 0 Å². The van der Waals surface area contributed by atoms with Crippen molar-refractivity contribution in [3.63, 3.8) is 0 Å². The summed E-state index contributed by atoms with van der Waals surface area (Å²) < 4.78 is 5.91. The van der Waals surface area contributed by atoms with Gasteiger partial charge >= 0.3 is 0 Å². The highest BCUT2D eigenvalue weighted by Gasteiger charge is 2.26. The Morgan fingerprint density at radius 1 is 1.21 bits per heavy atom. The average molecular weight is 334 g/mol. The van der Waals surface area contributed by atoms with E-state index in [9.17, 15) is 14.4 Å². The Labute approximate surface area is 142 Å². The number of primary amides is 1. The van der Waals surface area contributed by atoms with Crippen molar-refractivity contribution in [1.82, 2.24) is 4.90 Å². The van der Waals surface area contributed by atoms with Crippen LogP contribution >= 0.6 is 0 Å². The van der Waals surface area contributed by atoms with Crippen LogP contribution in [0.25, 0.3) is 0 Å².